The lowest BCUT2D eigenvalue weighted by molar-refractivity contribution is 0.112. The van der Waals surface area contributed by atoms with Gasteiger partial charge in [0.1, 0.15) is 6.29 Å². The van der Waals surface area contributed by atoms with E-state index in [1.54, 1.807) is 0 Å². The van der Waals surface area contributed by atoms with Crippen LogP contribution in [0, 0.1) is 0 Å². The van der Waals surface area contributed by atoms with Crippen molar-refractivity contribution in [2.45, 2.75) is 0 Å². The Morgan fingerprint density at radius 1 is 1.33 bits per heavy atom. The van der Waals surface area contributed by atoms with Gasteiger partial charge in [-0.3, -0.25) is 9.36 Å². The lowest BCUT2D eigenvalue weighted by Crippen LogP contribution is -2.03. The van der Waals surface area contributed by atoms with Crippen molar-refractivity contribution in [2.75, 3.05) is 0 Å². The van der Waals surface area contributed by atoms with E-state index in [1.165, 1.54) is 24.3 Å². The van der Waals surface area contributed by atoms with Crippen LogP contribution in [-0.2, 0) is 4.57 Å². The van der Waals surface area contributed by atoms with Gasteiger partial charge in [-0.25, -0.2) is 0 Å². The number of carbonyl (C=O) groups is 1. The maximum absolute atomic E-state index is 10.7. The quantitative estimate of drug-likeness (QED) is 0.514. The minimum atomic E-state index is -4.22. The fourth-order valence-electron chi connectivity index (χ4n) is 0.779. The minimum Gasteiger partial charge on any atom is -0.321 e. The summed E-state index contributed by atoms with van der Waals surface area (Å²) in [4.78, 5) is 27.6. The van der Waals surface area contributed by atoms with Crippen LogP contribution in [0.5, 0.6) is 0 Å². The van der Waals surface area contributed by atoms with Crippen molar-refractivity contribution in [1.29, 1.82) is 0 Å². The maximum atomic E-state index is 10.7. The Balaban J connectivity index is 3.19. The van der Waals surface area contributed by atoms with Crippen LogP contribution in [0.25, 0.3) is 0 Å². The van der Waals surface area contributed by atoms with Gasteiger partial charge in [0.05, 0.1) is 5.30 Å². The molecule has 1 aromatic rings. The summed E-state index contributed by atoms with van der Waals surface area (Å²) in [7, 11) is -4.22. The summed E-state index contributed by atoms with van der Waals surface area (Å²) in [6, 6.07) is 5.37. The second kappa shape index (κ2) is 3.19. The van der Waals surface area contributed by atoms with E-state index in [-0.39, 0.29) is 10.9 Å². The molecule has 0 aromatic heterocycles. The van der Waals surface area contributed by atoms with Gasteiger partial charge in [-0.1, -0.05) is 12.1 Å². The minimum absolute atomic E-state index is 0.132. The average Bonchev–Trinajstić information content (AvgIpc) is 2.03. The SMILES string of the molecule is O=Cc1cccc(P(=O)(O)O)c1. The zero-order valence-electron chi connectivity index (χ0n) is 6.04. The molecule has 0 fully saturated rings. The third-order valence-corrected chi connectivity index (χ3v) is 2.29. The first-order chi connectivity index (χ1) is 5.54. The average molecular weight is 186 g/mol. The van der Waals surface area contributed by atoms with Gasteiger partial charge in [0.25, 0.3) is 0 Å². The van der Waals surface area contributed by atoms with Gasteiger partial charge in [0.15, 0.2) is 0 Å². The highest BCUT2D eigenvalue weighted by Gasteiger charge is 2.16. The summed E-state index contributed by atoms with van der Waals surface area (Å²) in [5.74, 6) is 0. The predicted octanol–water partition coefficient (Wildman–Crippen LogP) is 0.302. The van der Waals surface area contributed by atoms with E-state index >= 15 is 0 Å². The second-order valence-corrected chi connectivity index (χ2v) is 3.86. The monoisotopic (exact) mass is 186 g/mol. The van der Waals surface area contributed by atoms with Crippen molar-refractivity contribution in [2.24, 2.45) is 0 Å². The van der Waals surface area contributed by atoms with Crippen LogP contribution in [-0.4, -0.2) is 16.1 Å². The summed E-state index contributed by atoms with van der Waals surface area (Å²) in [5, 5.41) is -0.132. The second-order valence-electron chi connectivity index (χ2n) is 2.26. The highest BCUT2D eigenvalue weighted by Crippen LogP contribution is 2.32. The molecule has 64 valence electrons. The van der Waals surface area contributed by atoms with Crippen molar-refractivity contribution in [3.05, 3.63) is 29.8 Å². The Hall–Kier alpha value is -0.960. The van der Waals surface area contributed by atoms with Crippen LogP contribution in [0.1, 0.15) is 10.4 Å². The third-order valence-electron chi connectivity index (χ3n) is 1.34. The molecule has 0 saturated heterocycles. The first-order valence-corrected chi connectivity index (χ1v) is 4.76. The molecule has 0 unspecified atom stereocenters. The van der Waals surface area contributed by atoms with E-state index in [9.17, 15) is 9.36 Å². The van der Waals surface area contributed by atoms with Crippen molar-refractivity contribution in [1.82, 2.24) is 0 Å². The lowest BCUT2D eigenvalue weighted by Gasteiger charge is -2.02. The standard InChI is InChI=1S/C7H7O4P/c8-5-6-2-1-3-7(4-6)12(9,10)11/h1-5H,(H2,9,10,11). The molecule has 12 heavy (non-hydrogen) atoms. The Morgan fingerprint density at radius 2 is 2.00 bits per heavy atom. The first kappa shape index (κ1) is 9.13. The van der Waals surface area contributed by atoms with E-state index < -0.39 is 7.60 Å². The Labute approximate surface area is 69.0 Å². The van der Waals surface area contributed by atoms with Gasteiger partial charge in [0.2, 0.25) is 0 Å². The third kappa shape index (κ3) is 2.01. The molecule has 0 bridgehead atoms. The molecule has 0 aliphatic heterocycles. The molecule has 5 heteroatoms. The largest absolute Gasteiger partial charge is 0.356 e. The van der Waals surface area contributed by atoms with Crippen LogP contribution in [0.4, 0.5) is 0 Å². The van der Waals surface area contributed by atoms with Crippen LogP contribution in [0.2, 0.25) is 0 Å². The smallest absolute Gasteiger partial charge is 0.321 e. The van der Waals surface area contributed by atoms with Gasteiger partial charge in [-0.15, -0.1) is 0 Å². The normalized spacial score (nSPS) is 11.2. The van der Waals surface area contributed by atoms with Crippen LogP contribution in [0.3, 0.4) is 0 Å². The van der Waals surface area contributed by atoms with E-state index in [0.717, 1.165) is 0 Å². The zero-order chi connectivity index (χ0) is 9.19. The fourth-order valence-corrected chi connectivity index (χ4v) is 1.38. The molecule has 0 amide bonds. The summed E-state index contributed by atoms with van der Waals surface area (Å²) in [6.45, 7) is 0. The molecule has 2 N–H and O–H groups in total. The molecular weight excluding hydrogens is 179 g/mol. The molecule has 0 radical (unpaired) electrons. The Bertz CT molecular complexity index is 341. The molecule has 0 heterocycles. The molecule has 0 atom stereocenters. The van der Waals surface area contributed by atoms with Crippen LogP contribution >= 0.6 is 7.60 Å². The van der Waals surface area contributed by atoms with Crippen molar-refractivity contribution in [3.63, 3.8) is 0 Å². The predicted molar refractivity (Wildman–Crippen MR) is 43.5 cm³/mol. The van der Waals surface area contributed by atoms with E-state index in [0.29, 0.717) is 6.29 Å². The van der Waals surface area contributed by atoms with Crippen molar-refractivity contribution < 1.29 is 19.1 Å². The number of carbonyl (C=O) groups excluding carboxylic acids is 1. The van der Waals surface area contributed by atoms with Gasteiger partial charge in [-0.2, -0.15) is 0 Å². The lowest BCUT2D eigenvalue weighted by atomic mass is 10.2. The molecule has 0 spiro atoms. The molecule has 1 aromatic carbocycles. The van der Waals surface area contributed by atoms with Gasteiger partial charge in [0, 0.05) is 5.56 Å². The molecular formula is C7H7O4P. The first-order valence-electron chi connectivity index (χ1n) is 3.15. The molecule has 0 aliphatic carbocycles. The topological polar surface area (TPSA) is 74.6 Å². The number of hydrogen-bond acceptors (Lipinski definition) is 2. The zero-order valence-corrected chi connectivity index (χ0v) is 6.94. The van der Waals surface area contributed by atoms with Gasteiger partial charge < -0.3 is 9.79 Å². The summed E-state index contributed by atoms with van der Waals surface area (Å²) in [6.07, 6.45) is 0.541. The summed E-state index contributed by atoms with van der Waals surface area (Å²) in [5.41, 5.74) is 0.260. The summed E-state index contributed by atoms with van der Waals surface area (Å²) < 4.78 is 10.7. The number of aldehydes is 1. The molecule has 0 saturated carbocycles. The van der Waals surface area contributed by atoms with Crippen molar-refractivity contribution >= 4 is 19.2 Å². The van der Waals surface area contributed by atoms with Crippen LogP contribution < -0.4 is 5.30 Å². The Kier molecular flexibility index (Phi) is 2.43. The number of hydrogen-bond donors (Lipinski definition) is 2. The number of benzene rings is 1. The van der Waals surface area contributed by atoms with Gasteiger partial charge in [-0.05, 0) is 12.1 Å². The highest BCUT2D eigenvalue weighted by molar-refractivity contribution is 7.60. The van der Waals surface area contributed by atoms with Crippen LogP contribution in [0.15, 0.2) is 24.3 Å². The Morgan fingerprint density at radius 3 is 2.50 bits per heavy atom. The van der Waals surface area contributed by atoms with E-state index in [2.05, 4.69) is 0 Å². The molecule has 0 aliphatic rings. The number of rotatable bonds is 2. The molecule has 4 nitrogen and oxygen atoms in total. The van der Waals surface area contributed by atoms with Gasteiger partial charge >= 0.3 is 7.60 Å². The molecule has 1 rings (SSSR count). The van der Waals surface area contributed by atoms with E-state index in [1.807, 2.05) is 0 Å². The highest BCUT2D eigenvalue weighted by atomic mass is 31.2. The maximum Gasteiger partial charge on any atom is 0.356 e. The van der Waals surface area contributed by atoms with E-state index in [4.69, 9.17) is 9.79 Å². The summed E-state index contributed by atoms with van der Waals surface area (Å²) >= 11 is 0. The fraction of sp³-hybridized carbons (Fsp3) is 0. The van der Waals surface area contributed by atoms with Crippen molar-refractivity contribution in [3.8, 4) is 0 Å².